The Morgan fingerprint density at radius 3 is 2.44 bits per heavy atom. The minimum atomic E-state index is -0.222. The number of piperidine rings is 1. The summed E-state index contributed by atoms with van der Waals surface area (Å²) in [6.45, 7) is 11.7. The highest BCUT2D eigenvalue weighted by molar-refractivity contribution is 5.80. The highest BCUT2D eigenvalue weighted by atomic mass is 16.2. The van der Waals surface area contributed by atoms with Crippen molar-refractivity contribution in [1.82, 2.24) is 9.80 Å². The predicted octanol–water partition coefficient (Wildman–Crippen LogP) is 2.25. The van der Waals surface area contributed by atoms with Gasteiger partial charge in [0, 0.05) is 12.0 Å². The van der Waals surface area contributed by atoms with Crippen molar-refractivity contribution in [2.45, 2.75) is 51.1 Å². The molecule has 0 bridgehead atoms. The van der Waals surface area contributed by atoms with Crippen LogP contribution in [-0.2, 0) is 9.59 Å². The molecule has 2 aliphatic rings. The third-order valence-corrected chi connectivity index (χ3v) is 5.27. The fourth-order valence-corrected chi connectivity index (χ4v) is 4.00. The number of amides is 2. The van der Waals surface area contributed by atoms with E-state index in [0.717, 1.165) is 45.2 Å². The van der Waals surface area contributed by atoms with Gasteiger partial charge in [-0.3, -0.25) is 14.5 Å². The molecule has 1 saturated heterocycles. The zero-order valence-corrected chi connectivity index (χ0v) is 15.3. The molecule has 2 rings (SSSR count). The molecule has 0 radical (unpaired) electrons. The quantitative estimate of drug-likeness (QED) is 0.720. The average molecular weight is 345 g/mol. The topological polar surface area (TPSA) is 66.6 Å². The van der Waals surface area contributed by atoms with E-state index in [1.165, 1.54) is 5.57 Å². The Morgan fingerprint density at radius 2 is 1.88 bits per heavy atom. The van der Waals surface area contributed by atoms with Crippen LogP contribution in [0.4, 0.5) is 0 Å². The standard InChI is InChI=1S/C20H31N3O2/c1-4-6-17-12-15(3)13-18(7-5-2)23(17)19(24)14-22-10-8-16(9-11-22)20(21)25/h4-5,12,16-18H,1-2,6-11,13-14H2,3H3,(H2,21,25)/t17-,18-/m0/s1. The Balaban J connectivity index is 2.04. The first-order chi connectivity index (χ1) is 12.0. The molecule has 0 spiro atoms. The van der Waals surface area contributed by atoms with Crippen LogP contribution in [0.5, 0.6) is 0 Å². The van der Waals surface area contributed by atoms with Gasteiger partial charge in [-0.05, 0) is 52.1 Å². The molecular weight excluding hydrogens is 314 g/mol. The summed E-state index contributed by atoms with van der Waals surface area (Å²) in [4.78, 5) is 28.5. The maximum absolute atomic E-state index is 13.1. The van der Waals surface area contributed by atoms with Crippen molar-refractivity contribution in [2.24, 2.45) is 11.7 Å². The van der Waals surface area contributed by atoms with Crippen LogP contribution in [0.25, 0.3) is 0 Å². The maximum atomic E-state index is 13.1. The van der Waals surface area contributed by atoms with E-state index in [-0.39, 0.29) is 29.8 Å². The van der Waals surface area contributed by atoms with Crippen molar-refractivity contribution >= 4 is 11.8 Å². The van der Waals surface area contributed by atoms with Gasteiger partial charge in [0.1, 0.15) is 0 Å². The fourth-order valence-electron chi connectivity index (χ4n) is 4.00. The molecule has 0 unspecified atom stereocenters. The van der Waals surface area contributed by atoms with Crippen LogP contribution >= 0.6 is 0 Å². The van der Waals surface area contributed by atoms with E-state index in [9.17, 15) is 9.59 Å². The lowest BCUT2D eigenvalue weighted by Gasteiger charge is -2.42. The van der Waals surface area contributed by atoms with Crippen LogP contribution in [0.15, 0.2) is 37.0 Å². The second-order valence-electron chi connectivity index (χ2n) is 7.24. The molecule has 0 aliphatic carbocycles. The first kappa shape index (κ1) is 19.4. The Bertz CT molecular complexity index is 547. The lowest BCUT2D eigenvalue weighted by Crippen LogP contribution is -2.53. The second-order valence-corrected chi connectivity index (χ2v) is 7.24. The molecule has 0 aromatic rings. The van der Waals surface area contributed by atoms with Gasteiger partial charge in [-0.25, -0.2) is 0 Å². The van der Waals surface area contributed by atoms with Gasteiger partial charge in [-0.15, -0.1) is 13.2 Å². The van der Waals surface area contributed by atoms with Crippen LogP contribution < -0.4 is 5.73 Å². The highest BCUT2D eigenvalue weighted by Crippen LogP contribution is 2.27. The van der Waals surface area contributed by atoms with Gasteiger partial charge in [-0.1, -0.05) is 23.8 Å². The molecule has 5 nitrogen and oxygen atoms in total. The minimum absolute atomic E-state index is 0.0473. The first-order valence-corrected chi connectivity index (χ1v) is 9.18. The zero-order valence-electron chi connectivity index (χ0n) is 15.3. The SMILES string of the molecule is C=CC[C@H]1CC(C)=C[C@H](CC=C)N1C(=O)CN1CCC(C(N)=O)CC1. The molecule has 25 heavy (non-hydrogen) atoms. The maximum Gasteiger partial charge on any atom is 0.237 e. The van der Waals surface area contributed by atoms with Crippen LogP contribution in [0.1, 0.15) is 39.0 Å². The summed E-state index contributed by atoms with van der Waals surface area (Å²) in [5.41, 5.74) is 6.71. The highest BCUT2D eigenvalue weighted by Gasteiger charge is 2.33. The van der Waals surface area contributed by atoms with Crippen molar-refractivity contribution in [1.29, 1.82) is 0 Å². The largest absolute Gasteiger partial charge is 0.369 e. The molecule has 0 saturated carbocycles. The summed E-state index contributed by atoms with van der Waals surface area (Å²) in [7, 11) is 0. The van der Waals surface area contributed by atoms with Crippen molar-refractivity contribution in [2.75, 3.05) is 19.6 Å². The first-order valence-electron chi connectivity index (χ1n) is 9.18. The van der Waals surface area contributed by atoms with Crippen LogP contribution in [-0.4, -0.2) is 53.3 Å². The van der Waals surface area contributed by atoms with Crippen molar-refractivity contribution in [3.8, 4) is 0 Å². The van der Waals surface area contributed by atoms with Crippen molar-refractivity contribution in [3.05, 3.63) is 37.0 Å². The number of hydrogen-bond acceptors (Lipinski definition) is 3. The van der Waals surface area contributed by atoms with Gasteiger partial charge in [0.25, 0.3) is 0 Å². The predicted molar refractivity (Wildman–Crippen MR) is 101 cm³/mol. The summed E-state index contributed by atoms with van der Waals surface area (Å²) < 4.78 is 0. The van der Waals surface area contributed by atoms with E-state index in [1.54, 1.807) is 0 Å². The molecule has 2 N–H and O–H groups in total. The van der Waals surface area contributed by atoms with Crippen molar-refractivity contribution in [3.63, 3.8) is 0 Å². The fraction of sp³-hybridized carbons (Fsp3) is 0.600. The van der Waals surface area contributed by atoms with E-state index in [2.05, 4.69) is 31.1 Å². The number of primary amides is 1. The van der Waals surface area contributed by atoms with E-state index in [0.29, 0.717) is 6.54 Å². The second kappa shape index (κ2) is 8.99. The van der Waals surface area contributed by atoms with Crippen LogP contribution in [0.3, 0.4) is 0 Å². The number of likely N-dealkylation sites (tertiary alicyclic amines) is 1. The monoisotopic (exact) mass is 345 g/mol. The van der Waals surface area contributed by atoms with Crippen LogP contribution in [0.2, 0.25) is 0 Å². The number of nitrogens with zero attached hydrogens (tertiary/aromatic N) is 2. The van der Waals surface area contributed by atoms with E-state index in [4.69, 9.17) is 5.73 Å². The molecule has 2 aliphatic heterocycles. The Morgan fingerprint density at radius 1 is 1.24 bits per heavy atom. The van der Waals surface area contributed by atoms with E-state index in [1.807, 2.05) is 17.1 Å². The van der Waals surface area contributed by atoms with Gasteiger partial charge in [0.15, 0.2) is 0 Å². The molecule has 138 valence electrons. The third kappa shape index (κ3) is 5.05. The lowest BCUT2D eigenvalue weighted by molar-refractivity contribution is -0.137. The Kier molecular flexibility index (Phi) is 7.00. The van der Waals surface area contributed by atoms with Gasteiger partial charge in [-0.2, -0.15) is 0 Å². The van der Waals surface area contributed by atoms with Gasteiger partial charge in [0.05, 0.1) is 12.6 Å². The summed E-state index contributed by atoms with van der Waals surface area (Å²) in [6.07, 6.45) is 9.92. The van der Waals surface area contributed by atoms with E-state index >= 15 is 0 Å². The zero-order chi connectivity index (χ0) is 18.4. The normalized spacial score (nSPS) is 25.3. The molecule has 0 aromatic heterocycles. The summed E-state index contributed by atoms with van der Waals surface area (Å²) in [5.74, 6) is -0.117. The number of carbonyl (C=O) groups is 2. The number of hydrogen-bond donors (Lipinski definition) is 1. The molecule has 2 heterocycles. The van der Waals surface area contributed by atoms with Gasteiger partial charge in [0.2, 0.25) is 11.8 Å². The Labute approximate surface area is 151 Å². The molecule has 1 fully saturated rings. The summed E-state index contributed by atoms with van der Waals surface area (Å²) in [6, 6.07) is 0.245. The molecule has 0 aromatic carbocycles. The summed E-state index contributed by atoms with van der Waals surface area (Å²) in [5, 5.41) is 0. The van der Waals surface area contributed by atoms with Crippen molar-refractivity contribution < 1.29 is 9.59 Å². The molecule has 2 atom stereocenters. The Hall–Kier alpha value is -1.88. The van der Waals surface area contributed by atoms with E-state index < -0.39 is 0 Å². The third-order valence-electron chi connectivity index (χ3n) is 5.27. The number of nitrogens with two attached hydrogens (primary N) is 1. The van der Waals surface area contributed by atoms with Crippen LogP contribution in [0, 0.1) is 5.92 Å². The number of rotatable bonds is 7. The lowest BCUT2D eigenvalue weighted by atomic mass is 9.92. The summed E-state index contributed by atoms with van der Waals surface area (Å²) >= 11 is 0. The molecule has 5 heteroatoms. The molecular formula is C20H31N3O2. The van der Waals surface area contributed by atoms with Gasteiger partial charge >= 0.3 is 0 Å². The average Bonchev–Trinajstić information content (AvgIpc) is 2.55. The minimum Gasteiger partial charge on any atom is -0.369 e. The smallest absolute Gasteiger partial charge is 0.237 e. The van der Waals surface area contributed by atoms with Gasteiger partial charge < -0.3 is 10.6 Å². The number of carbonyl (C=O) groups excluding carboxylic acids is 2. The molecule has 2 amide bonds.